The number of carbonyl (C=O) groups is 2. The van der Waals surface area contributed by atoms with Gasteiger partial charge in [0.05, 0.1) is 25.0 Å². The van der Waals surface area contributed by atoms with Gasteiger partial charge in [-0.05, 0) is 58.8 Å². The molecule has 6 heteroatoms. The highest BCUT2D eigenvalue weighted by Crippen LogP contribution is 2.64. The SMILES string of the molecule is CCOC(=O)C1CC2(C)SC2CC1C(=O)OCC1CCC2(C)SC2C1. The maximum atomic E-state index is 12.7. The van der Waals surface area contributed by atoms with Crippen molar-refractivity contribution in [2.75, 3.05) is 13.2 Å². The third-order valence-electron chi connectivity index (χ3n) is 6.60. The number of hydrogen-bond acceptors (Lipinski definition) is 6. The van der Waals surface area contributed by atoms with Gasteiger partial charge < -0.3 is 9.47 Å². The first-order valence-electron chi connectivity index (χ1n) is 9.53. The second-order valence-electron chi connectivity index (χ2n) is 8.51. The zero-order valence-corrected chi connectivity index (χ0v) is 16.9. The second-order valence-corrected chi connectivity index (χ2v) is 12.0. The molecule has 2 aliphatic carbocycles. The first-order valence-corrected chi connectivity index (χ1v) is 11.3. The average molecular weight is 385 g/mol. The lowest BCUT2D eigenvalue weighted by molar-refractivity contribution is -0.163. The van der Waals surface area contributed by atoms with Gasteiger partial charge >= 0.3 is 11.9 Å². The molecule has 25 heavy (non-hydrogen) atoms. The van der Waals surface area contributed by atoms with Crippen LogP contribution in [0.3, 0.4) is 0 Å². The molecule has 0 amide bonds. The Morgan fingerprint density at radius 1 is 1.00 bits per heavy atom. The van der Waals surface area contributed by atoms with Crippen LogP contribution in [0.4, 0.5) is 0 Å². The Hall–Kier alpha value is -0.360. The third-order valence-corrected chi connectivity index (χ3v) is 10.1. The topological polar surface area (TPSA) is 52.6 Å². The zero-order chi connectivity index (χ0) is 17.8. The molecule has 140 valence electrons. The first-order chi connectivity index (χ1) is 11.8. The monoisotopic (exact) mass is 384 g/mol. The minimum Gasteiger partial charge on any atom is -0.466 e. The fraction of sp³-hybridized carbons (Fsp3) is 0.895. The Labute approximate surface area is 158 Å². The molecule has 0 radical (unpaired) electrons. The number of ether oxygens (including phenoxy) is 2. The summed E-state index contributed by atoms with van der Waals surface area (Å²) >= 11 is 3.97. The third kappa shape index (κ3) is 3.45. The predicted octanol–water partition coefficient (Wildman–Crippen LogP) is 3.67. The maximum Gasteiger partial charge on any atom is 0.309 e. The van der Waals surface area contributed by atoms with Crippen LogP contribution in [0.5, 0.6) is 0 Å². The number of carbonyl (C=O) groups excluding carboxylic acids is 2. The van der Waals surface area contributed by atoms with Crippen molar-refractivity contribution in [3.63, 3.8) is 0 Å². The highest BCUT2D eigenvalue weighted by molar-refractivity contribution is 8.08. The number of thioether (sulfide) groups is 2. The highest BCUT2D eigenvalue weighted by Gasteiger charge is 2.61. The van der Waals surface area contributed by atoms with E-state index in [0.29, 0.717) is 29.1 Å². The summed E-state index contributed by atoms with van der Waals surface area (Å²) in [6.07, 6.45) is 5.04. The normalized spacial score (nSPS) is 47.2. The van der Waals surface area contributed by atoms with Gasteiger partial charge in [-0.2, -0.15) is 0 Å². The van der Waals surface area contributed by atoms with Crippen molar-refractivity contribution < 1.29 is 19.1 Å². The molecule has 2 heterocycles. The van der Waals surface area contributed by atoms with Crippen molar-refractivity contribution in [2.24, 2.45) is 17.8 Å². The number of fused-ring (bicyclic) bond motifs is 2. The molecule has 0 N–H and O–H groups in total. The molecule has 2 aliphatic heterocycles. The van der Waals surface area contributed by atoms with Crippen molar-refractivity contribution in [1.29, 1.82) is 0 Å². The van der Waals surface area contributed by atoms with Crippen molar-refractivity contribution in [1.82, 2.24) is 0 Å². The van der Waals surface area contributed by atoms with Crippen molar-refractivity contribution in [3.05, 3.63) is 0 Å². The molecule has 2 saturated carbocycles. The molecule has 0 aromatic heterocycles. The fourth-order valence-electron chi connectivity index (χ4n) is 4.68. The van der Waals surface area contributed by atoms with Gasteiger partial charge in [0.1, 0.15) is 0 Å². The molecule has 4 rings (SSSR count). The average Bonchev–Trinajstić information content (AvgIpc) is 3.43. The Balaban J connectivity index is 1.33. The zero-order valence-electron chi connectivity index (χ0n) is 15.3. The van der Waals surface area contributed by atoms with Crippen LogP contribution >= 0.6 is 23.5 Å². The molecular weight excluding hydrogens is 356 g/mol. The maximum absolute atomic E-state index is 12.7. The summed E-state index contributed by atoms with van der Waals surface area (Å²) in [5.41, 5.74) is 0. The van der Waals surface area contributed by atoms with E-state index in [1.807, 2.05) is 18.7 Å². The van der Waals surface area contributed by atoms with E-state index < -0.39 is 0 Å². The molecule has 0 spiro atoms. The van der Waals surface area contributed by atoms with E-state index >= 15 is 0 Å². The summed E-state index contributed by atoms with van der Waals surface area (Å²) in [5, 5.41) is 1.25. The van der Waals surface area contributed by atoms with Gasteiger partial charge in [0.25, 0.3) is 0 Å². The first kappa shape index (κ1) is 18.0. The van der Waals surface area contributed by atoms with Gasteiger partial charge in [-0.15, -0.1) is 23.5 Å². The van der Waals surface area contributed by atoms with Gasteiger partial charge in [0.15, 0.2) is 0 Å². The molecule has 2 saturated heterocycles. The molecule has 4 nitrogen and oxygen atoms in total. The molecule has 0 aromatic carbocycles. The Bertz CT molecular complexity index is 582. The van der Waals surface area contributed by atoms with Crippen LogP contribution < -0.4 is 0 Å². The van der Waals surface area contributed by atoms with Crippen LogP contribution in [0.15, 0.2) is 0 Å². The lowest BCUT2D eigenvalue weighted by atomic mass is 9.74. The Kier molecular flexibility index (Phi) is 4.59. The van der Waals surface area contributed by atoms with Gasteiger partial charge in [-0.3, -0.25) is 9.59 Å². The number of hydrogen-bond donors (Lipinski definition) is 0. The van der Waals surface area contributed by atoms with Crippen molar-refractivity contribution >= 4 is 35.5 Å². The van der Waals surface area contributed by atoms with E-state index in [9.17, 15) is 9.59 Å². The van der Waals surface area contributed by atoms with E-state index in [4.69, 9.17) is 9.47 Å². The van der Waals surface area contributed by atoms with Crippen molar-refractivity contribution in [3.8, 4) is 0 Å². The summed E-state index contributed by atoms with van der Waals surface area (Å²) in [6.45, 7) is 7.25. The van der Waals surface area contributed by atoms with E-state index in [2.05, 4.69) is 25.6 Å². The summed E-state index contributed by atoms with van der Waals surface area (Å²) in [6, 6.07) is 0. The summed E-state index contributed by atoms with van der Waals surface area (Å²) in [5.74, 6) is -0.570. The second kappa shape index (κ2) is 6.36. The minimum atomic E-state index is -0.336. The molecule has 7 atom stereocenters. The van der Waals surface area contributed by atoms with Crippen LogP contribution in [0, 0.1) is 17.8 Å². The molecule has 4 aliphatic rings. The standard InChI is InChI=1S/C19H28O4S2/c1-4-22-17(21)13-9-19(3)15(25-19)8-12(13)16(20)23-10-11-5-6-18(2)14(7-11)24-18/h11-15H,4-10H2,1-3H3. The molecule has 4 fully saturated rings. The minimum absolute atomic E-state index is 0.158. The van der Waals surface area contributed by atoms with Crippen molar-refractivity contribution in [2.45, 2.75) is 72.9 Å². The van der Waals surface area contributed by atoms with Crippen LogP contribution in [0.1, 0.15) is 52.9 Å². The summed E-state index contributed by atoms with van der Waals surface area (Å²) in [7, 11) is 0. The molecular formula is C19H28O4S2. The van der Waals surface area contributed by atoms with Crippen LogP contribution in [0.2, 0.25) is 0 Å². The van der Waals surface area contributed by atoms with Gasteiger partial charge in [-0.25, -0.2) is 0 Å². The summed E-state index contributed by atoms with van der Waals surface area (Å²) < 4.78 is 11.6. The quantitative estimate of drug-likeness (QED) is 0.532. The molecule has 0 aromatic rings. The smallest absolute Gasteiger partial charge is 0.309 e. The fourth-order valence-corrected chi connectivity index (χ4v) is 7.43. The Morgan fingerprint density at radius 2 is 1.68 bits per heavy atom. The summed E-state index contributed by atoms with van der Waals surface area (Å²) in [4.78, 5) is 25.1. The van der Waals surface area contributed by atoms with E-state index in [0.717, 1.165) is 30.9 Å². The lowest BCUT2D eigenvalue weighted by Gasteiger charge is -2.31. The lowest BCUT2D eigenvalue weighted by Crippen LogP contribution is -2.41. The van der Waals surface area contributed by atoms with Crippen LogP contribution in [-0.4, -0.2) is 45.1 Å². The van der Waals surface area contributed by atoms with E-state index in [1.54, 1.807) is 0 Å². The number of rotatable bonds is 5. The van der Waals surface area contributed by atoms with Crippen LogP contribution in [-0.2, 0) is 19.1 Å². The highest BCUT2D eigenvalue weighted by atomic mass is 32.2. The molecule has 7 unspecified atom stereocenters. The Morgan fingerprint density at radius 3 is 2.40 bits per heavy atom. The molecule has 0 bridgehead atoms. The van der Waals surface area contributed by atoms with E-state index in [-0.39, 0.29) is 28.5 Å². The largest absolute Gasteiger partial charge is 0.466 e. The van der Waals surface area contributed by atoms with Gasteiger partial charge in [0.2, 0.25) is 0 Å². The van der Waals surface area contributed by atoms with E-state index in [1.165, 1.54) is 6.42 Å². The predicted molar refractivity (Wildman–Crippen MR) is 101 cm³/mol. The van der Waals surface area contributed by atoms with Gasteiger partial charge in [0, 0.05) is 20.0 Å². The van der Waals surface area contributed by atoms with Gasteiger partial charge in [-0.1, -0.05) is 0 Å². The van der Waals surface area contributed by atoms with Crippen LogP contribution in [0.25, 0.3) is 0 Å². The number of esters is 2.